The van der Waals surface area contributed by atoms with Crippen molar-refractivity contribution in [2.45, 2.75) is 37.8 Å². The number of amides is 2. The summed E-state index contributed by atoms with van der Waals surface area (Å²) >= 11 is 11.5. The van der Waals surface area contributed by atoms with Crippen LogP contribution in [0.5, 0.6) is 0 Å². The zero-order valence-electron chi connectivity index (χ0n) is 25.8. The largest absolute Gasteiger partial charge is 0.463 e. The molecule has 12 nitrogen and oxygen atoms in total. The highest BCUT2D eigenvalue weighted by atomic mass is 35.5. The van der Waals surface area contributed by atoms with Gasteiger partial charge in [0.2, 0.25) is 0 Å². The van der Waals surface area contributed by atoms with Gasteiger partial charge in [0.25, 0.3) is 23.9 Å². The molecule has 4 aromatic rings. The van der Waals surface area contributed by atoms with E-state index in [1.54, 1.807) is 24.3 Å². The Morgan fingerprint density at radius 1 is 0.688 bits per heavy atom. The van der Waals surface area contributed by atoms with Gasteiger partial charge in [-0.2, -0.15) is 0 Å². The Labute approximate surface area is 287 Å². The molecule has 0 unspecified atom stereocenters. The van der Waals surface area contributed by atoms with E-state index in [0.717, 1.165) is 31.4 Å². The zero-order valence-corrected chi connectivity index (χ0v) is 27.3. The molecule has 14 heteroatoms. The fourth-order valence-corrected chi connectivity index (χ4v) is 4.99. The van der Waals surface area contributed by atoms with Gasteiger partial charge >= 0.3 is 0 Å². The number of nitrogens with two attached hydrogens (primary N) is 2. The fourth-order valence-electron chi connectivity index (χ4n) is 4.76. The molecular weight excluding hydrogens is 655 g/mol. The van der Waals surface area contributed by atoms with Crippen LogP contribution < -0.4 is 22.1 Å². The average Bonchev–Trinajstić information content (AvgIpc) is 3.72. The Morgan fingerprint density at radius 3 is 1.67 bits per heavy atom. The maximum absolute atomic E-state index is 12.1. The molecule has 2 aromatic carbocycles. The van der Waals surface area contributed by atoms with E-state index in [2.05, 4.69) is 30.6 Å². The quantitative estimate of drug-likeness (QED) is 0.163. The number of nitrogens with zero attached hydrogens (tertiary/aromatic N) is 4. The molecule has 0 saturated heterocycles. The molecule has 2 aliphatic rings. The molecule has 0 spiro atoms. The number of aryl methyl sites for hydroxylation is 2. The standard InChI is InChI=1S/2C17H17ClN4O2/c18-12-4-8-15(20-9-12)16(23)21-13-5-1-11(2-6-13)3-7-14-10-24-17(19)22-14;18-15-8-4-12(9-20-15)16(23)21-13-5-1-11(2-6-13)3-7-14-10-24-17(19)22-14/h2*1-2,4-6,8-9,14H,3,7,10H2,(H2,19,22)(H,21,23)/t2*14-/m00/s1. The van der Waals surface area contributed by atoms with Gasteiger partial charge < -0.3 is 31.6 Å². The highest BCUT2D eigenvalue weighted by molar-refractivity contribution is 6.30. The predicted molar refractivity (Wildman–Crippen MR) is 187 cm³/mol. The van der Waals surface area contributed by atoms with Crippen LogP contribution in [-0.2, 0) is 22.3 Å². The van der Waals surface area contributed by atoms with Crippen LogP contribution in [0.25, 0.3) is 0 Å². The number of rotatable bonds is 10. The number of aliphatic imine (C=N–C) groups is 2. The molecule has 0 aliphatic carbocycles. The van der Waals surface area contributed by atoms with Gasteiger partial charge in [-0.15, -0.1) is 0 Å². The van der Waals surface area contributed by atoms with Gasteiger partial charge in [-0.05, 0) is 85.3 Å². The van der Waals surface area contributed by atoms with Crippen LogP contribution >= 0.6 is 23.2 Å². The number of benzene rings is 2. The number of hydrogen-bond acceptors (Lipinski definition) is 10. The molecule has 248 valence electrons. The molecule has 2 atom stereocenters. The summed E-state index contributed by atoms with van der Waals surface area (Å²) in [6, 6.07) is 22.6. The van der Waals surface area contributed by atoms with Crippen LogP contribution in [0.4, 0.5) is 11.4 Å². The molecule has 2 aromatic heterocycles. The summed E-state index contributed by atoms with van der Waals surface area (Å²) < 4.78 is 10.3. The van der Waals surface area contributed by atoms with E-state index in [1.807, 2.05) is 48.5 Å². The lowest BCUT2D eigenvalue weighted by Gasteiger charge is -2.08. The second-order valence-electron chi connectivity index (χ2n) is 11.0. The summed E-state index contributed by atoms with van der Waals surface area (Å²) in [4.78, 5) is 40.5. The van der Waals surface area contributed by atoms with E-state index in [9.17, 15) is 9.59 Å². The second-order valence-corrected chi connectivity index (χ2v) is 11.8. The number of aromatic nitrogens is 2. The summed E-state index contributed by atoms with van der Waals surface area (Å²) in [7, 11) is 0. The van der Waals surface area contributed by atoms with Crippen molar-refractivity contribution in [2.75, 3.05) is 23.8 Å². The number of hydrogen-bond donors (Lipinski definition) is 4. The first-order chi connectivity index (χ1) is 23.2. The third kappa shape index (κ3) is 10.4. The minimum Gasteiger partial charge on any atom is -0.463 e. The summed E-state index contributed by atoms with van der Waals surface area (Å²) in [5, 5.41) is 6.48. The van der Waals surface area contributed by atoms with E-state index >= 15 is 0 Å². The minimum absolute atomic E-state index is 0.125. The Bertz CT molecular complexity index is 1620. The van der Waals surface area contributed by atoms with Gasteiger partial charge in [-0.25, -0.2) is 20.0 Å². The number of nitrogens with one attached hydrogen (secondary N) is 2. The summed E-state index contributed by atoms with van der Waals surface area (Å²) in [5.41, 5.74) is 15.5. The first-order valence-corrected chi connectivity index (χ1v) is 15.9. The third-order valence-electron chi connectivity index (χ3n) is 7.37. The lowest BCUT2D eigenvalue weighted by molar-refractivity contribution is 0.101. The van der Waals surface area contributed by atoms with Gasteiger partial charge in [0.15, 0.2) is 0 Å². The van der Waals surface area contributed by atoms with Gasteiger partial charge in [0.05, 0.1) is 22.7 Å². The number of pyridine rings is 2. The van der Waals surface area contributed by atoms with Gasteiger partial charge in [-0.3, -0.25) is 9.59 Å². The third-order valence-corrected chi connectivity index (χ3v) is 7.82. The number of halogens is 2. The molecule has 2 aliphatic heterocycles. The maximum Gasteiger partial charge on any atom is 0.282 e. The summed E-state index contributed by atoms with van der Waals surface area (Å²) in [6.07, 6.45) is 6.39. The van der Waals surface area contributed by atoms with Crippen molar-refractivity contribution in [3.05, 3.63) is 118 Å². The highest BCUT2D eigenvalue weighted by Gasteiger charge is 2.17. The Morgan fingerprint density at radius 2 is 1.23 bits per heavy atom. The Hall–Kier alpha value is -5.20. The average molecular weight is 690 g/mol. The minimum atomic E-state index is -0.271. The lowest BCUT2D eigenvalue weighted by atomic mass is 10.1. The summed E-state index contributed by atoms with van der Waals surface area (Å²) in [6.45, 7) is 1.10. The van der Waals surface area contributed by atoms with E-state index in [1.165, 1.54) is 23.5 Å². The van der Waals surface area contributed by atoms with Crippen LogP contribution in [0.15, 0.2) is 95.2 Å². The predicted octanol–water partition coefficient (Wildman–Crippen LogP) is 5.27. The Kier molecular flexibility index (Phi) is 11.8. The molecule has 4 heterocycles. The van der Waals surface area contributed by atoms with Gasteiger partial charge in [-0.1, -0.05) is 47.5 Å². The van der Waals surface area contributed by atoms with Crippen LogP contribution in [0.3, 0.4) is 0 Å². The molecule has 0 fully saturated rings. The topological polar surface area (TPSA) is 179 Å². The van der Waals surface area contributed by atoms with Crippen LogP contribution in [0.2, 0.25) is 10.2 Å². The summed E-state index contributed by atoms with van der Waals surface area (Å²) in [5.74, 6) is -0.493. The number of amidine groups is 2. The number of carbonyl (C=O) groups excluding carboxylic acids is 2. The van der Waals surface area contributed by atoms with E-state index in [-0.39, 0.29) is 35.9 Å². The normalized spacial score (nSPS) is 16.4. The van der Waals surface area contributed by atoms with E-state index < -0.39 is 0 Å². The number of carbonyl (C=O) groups is 2. The monoisotopic (exact) mass is 688 g/mol. The van der Waals surface area contributed by atoms with Gasteiger partial charge in [0.1, 0.15) is 24.1 Å². The van der Waals surface area contributed by atoms with Crippen molar-refractivity contribution in [1.82, 2.24) is 9.97 Å². The van der Waals surface area contributed by atoms with Gasteiger partial charge in [0, 0.05) is 23.8 Å². The zero-order chi connectivity index (χ0) is 33.9. The molecule has 48 heavy (non-hydrogen) atoms. The van der Waals surface area contributed by atoms with Crippen molar-refractivity contribution >= 4 is 58.4 Å². The highest BCUT2D eigenvalue weighted by Crippen LogP contribution is 2.17. The Balaban J connectivity index is 0.000000188. The smallest absolute Gasteiger partial charge is 0.282 e. The van der Waals surface area contributed by atoms with Crippen molar-refractivity contribution in [3.63, 3.8) is 0 Å². The van der Waals surface area contributed by atoms with E-state index in [0.29, 0.717) is 40.3 Å². The van der Waals surface area contributed by atoms with Crippen LogP contribution in [0.1, 0.15) is 44.8 Å². The molecule has 0 bridgehead atoms. The van der Waals surface area contributed by atoms with Crippen molar-refractivity contribution in [2.24, 2.45) is 21.5 Å². The molecular formula is C34H34Cl2N8O4. The van der Waals surface area contributed by atoms with E-state index in [4.69, 9.17) is 44.1 Å². The van der Waals surface area contributed by atoms with Crippen LogP contribution in [-0.4, -0.2) is 59.1 Å². The molecule has 6 rings (SSSR count). The number of ether oxygens (including phenoxy) is 2. The first-order valence-electron chi connectivity index (χ1n) is 15.2. The molecule has 0 saturated carbocycles. The first kappa shape index (κ1) is 34.1. The second kappa shape index (κ2) is 16.6. The maximum atomic E-state index is 12.1. The van der Waals surface area contributed by atoms with Crippen molar-refractivity contribution in [3.8, 4) is 0 Å². The molecule has 2 amide bonds. The van der Waals surface area contributed by atoms with Crippen molar-refractivity contribution in [1.29, 1.82) is 0 Å². The number of anilines is 2. The lowest BCUT2D eigenvalue weighted by Crippen LogP contribution is -2.13. The molecule has 0 radical (unpaired) electrons. The van der Waals surface area contributed by atoms with Crippen molar-refractivity contribution < 1.29 is 19.1 Å². The molecule has 6 N–H and O–H groups in total. The SMILES string of the molecule is NC1=N[C@@H](CCc2ccc(NC(=O)c3ccc(Cl)cn3)cc2)CO1.NC1=N[C@@H](CCc2ccc(NC(=O)c3ccc(Cl)nc3)cc2)CO1. The fraction of sp³-hybridized carbons (Fsp3) is 0.235. The van der Waals surface area contributed by atoms with Crippen LogP contribution in [0, 0.1) is 0 Å².